The van der Waals surface area contributed by atoms with Crippen LogP contribution >= 0.6 is 0 Å². The zero-order valence-corrected chi connectivity index (χ0v) is 10.3. The molecule has 0 spiro atoms. The highest BCUT2D eigenvalue weighted by molar-refractivity contribution is 5.67. The number of hydrogen-bond acceptors (Lipinski definition) is 1. The quantitative estimate of drug-likeness (QED) is 0.732. The van der Waals surface area contributed by atoms with Crippen molar-refractivity contribution in [3.8, 4) is 5.75 Å². The van der Waals surface area contributed by atoms with E-state index in [0.29, 0.717) is 5.75 Å². The molecule has 1 aromatic carbocycles. The Hall–Kier alpha value is -1.24. The van der Waals surface area contributed by atoms with Gasteiger partial charge < -0.3 is 5.11 Å². The van der Waals surface area contributed by atoms with E-state index in [1.165, 1.54) is 0 Å². The van der Waals surface area contributed by atoms with Gasteiger partial charge >= 0.3 is 0 Å². The van der Waals surface area contributed by atoms with Crippen molar-refractivity contribution in [3.05, 3.63) is 35.4 Å². The van der Waals surface area contributed by atoms with Crippen LogP contribution in [-0.4, -0.2) is 5.11 Å². The molecule has 0 aliphatic rings. The third-order valence-electron chi connectivity index (χ3n) is 2.61. The van der Waals surface area contributed by atoms with E-state index in [9.17, 15) is 5.11 Å². The van der Waals surface area contributed by atoms with E-state index in [4.69, 9.17) is 0 Å². The maximum Gasteiger partial charge on any atom is 0.119 e. The Morgan fingerprint density at radius 3 is 2.20 bits per heavy atom. The van der Waals surface area contributed by atoms with E-state index >= 15 is 0 Å². The molecule has 0 atom stereocenters. The van der Waals surface area contributed by atoms with Crippen LogP contribution in [0.3, 0.4) is 0 Å². The van der Waals surface area contributed by atoms with Crippen LogP contribution in [0.5, 0.6) is 5.75 Å². The molecule has 0 unspecified atom stereocenters. The zero-order valence-electron chi connectivity index (χ0n) is 10.3. The van der Waals surface area contributed by atoms with Gasteiger partial charge in [0.15, 0.2) is 0 Å². The molecule has 82 valence electrons. The van der Waals surface area contributed by atoms with Gasteiger partial charge in [-0.15, -0.1) is 0 Å². The van der Waals surface area contributed by atoms with Gasteiger partial charge in [0.1, 0.15) is 5.75 Å². The fourth-order valence-corrected chi connectivity index (χ4v) is 1.75. The summed E-state index contributed by atoms with van der Waals surface area (Å²) in [4.78, 5) is 0. The van der Waals surface area contributed by atoms with Crippen LogP contribution in [0.4, 0.5) is 0 Å². The lowest BCUT2D eigenvalue weighted by Crippen LogP contribution is -2.12. The lowest BCUT2D eigenvalue weighted by atomic mass is 9.83. The molecule has 0 bridgehead atoms. The Kier molecular flexibility index (Phi) is 2.94. The number of benzene rings is 1. The van der Waals surface area contributed by atoms with Crippen molar-refractivity contribution in [3.63, 3.8) is 0 Å². The zero-order chi connectivity index (χ0) is 11.8. The van der Waals surface area contributed by atoms with Crippen LogP contribution in [0.2, 0.25) is 0 Å². The Bertz CT molecular complexity index is 395. The summed E-state index contributed by atoms with van der Waals surface area (Å²) in [5, 5.41) is 9.90. The van der Waals surface area contributed by atoms with Crippen LogP contribution in [0.15, 0.2) is 18.7 Å². The minimum Gasteiger partial charge on any atom is -0.508 e. The first-order chi connectivity index (χ1) is 6.73. The summed E-state index contributed by atoms with van der Waals surface area (Å²) >= 11 is 0. The summed E-state index contributed by atoms with van der Waals surface area (Å²) in [6, 6.07) is 3.87. The van der Waals surface area contributed by atoms with Gasteiger partial charge in [-0.05, 0) is 48.1 Å². The first-order valence-corrected chi connectivity index (χ1v) is 5.23. The van der Waals surface area contributed by atoms with E-state index in [-0.39, 0.29) is 5.41 Å². The van der Waals surface area contributed by atoms with E-state index in [2.05, 4.69) is 27.4 Å². The third kappa shape index (κ3) is 2.41. The molecule has 0 aliphatic heterocycles. The first kappa shape index (κ1) is 11.8. The Morgan fingerprint density at radius 1 is 1.27 bits per heavy atom. The van der Waals surface area contributed by atoms with E-state index in [0.717, 1.165) is 22.3 Å². The summed E-state index contributed by atoms with van der Waals surface area (Å²) in [6.07, 6.45) is 0. The highest BCUT2D eigenvalue weighted by atomic mass is 16.3. The molecule has 0 saturated carbocycles. The molecule has 0 radical (unpaired) electrons. The Labute approximate surface area is 92.5 Å². The number of hydrogen-bond donors (Lipinski definition) is 1. The van der Waals surface area contributed by atoms with Crippen molar-refractivity contribution in [1.29, 1.82) is 0 Å². The highest BCUT2D eigenvalue weighted by Crippen LogP contribution is 2.34. The Balaban J connectivity index is 3.43. The third-order valence-corrected chi connectivity index (χ3v) is 2.61. The number of aromatic hydroxyl groups is 1. The largest absolute Gasteiger partial charge is 0.508 e. The van der Waals surface area contributed by atoms with E-state index in [1.807, 2.05) is 26.0 Å². The van der Waals surface area contributed by atoms with Gasteiger partial charge in [0, 0.05) is 0 Å². The van der Waals surface area contributed by atoms with Crippen molar-refractivity contribution in [1.82, 2.24) is 0 Å². The van der Waals surface area contributed by atoms with Gasteiger partial charge in [0.2, 0.25) is 0 Å². The molecule has 0 amide bonds. The van der Waals surface area contributed by atoms with Crippen LogP contribution in [0, 0.1) is 6.92 Å². The van der Waals surface area contributed by atoms with Gasteiger partial charge in [-0.25, -0.2) is 0 Å². The van der Waals surface area contributed by atoms with Gasteiger partial charge in [-0.2, -0.15) is 0 Å². The molecule has 15 heavy (non-hydrogen) atoms. The maximum atomic E-state index is 9.90. The number of allylic oxidation sites excluding steroid dienone is 1. The van der Waals surface area contributed by atoms with Crippen molar-refractivity contribution in [2.45, 2.75) is 40.0 Å². The second-order valence-electron chi connectivity index (χ2n) is 5.21. The second kappa shape index (κ2) is 3.73. The lowest BCUT2D eigenvalue weighted by molar-refractivity contribution is 0.446. The minimum absolute atomic E-state index is 0.0397. The minimum atomic E-state index is -0.0397. The summed E-state index contributed by atoms with van der Waals surface area (Å²) < 4.78 is 0. The molecular formula is C14H20O. The number of phenolic OH excluding ortho intramolecular Hbond substituents is 1. The lowest BCUT2D eigenvalue weighted by Gasteiger charge is -2.22. The number of rotatable bonds is 1. The van der Waals surface area contributed by atoms with Crippen molar-refractivity contribution >= 4 is 5.57 Å². The first-order valence-electron chi connectivity index (χ1n) is 5.23. The number of aryl methyl sites for hydroxylation is 1. The highest BCUT2D eigenvalue weighted by Gasteiger charge is 2.19. The Morgan fingerprint density at radius 2 is 1.80 bits per heavy atom. The van der Waals surface area contributed by atoms with Crippen molar-refractivity contribution in [2.75, 3.05) is 0 Å². The molecule has 1 nitrogen and oxygen atoms in total. The van der Waals surface area contributed by atoms with Crippen molar-refractivity contribution < 1.29 is 5.11 Å². The van der Waals surface area contributed by atoms with Gasteiger partial charge in [0.25, 0.3) is 0 Å². The monoisotopic (exact) mass is 204 g/mol. The van der Waals surface area contributed by atoms with Gasteiger partial charge in [-0.1, -0.05) is 32.9 Å². The SMILES string of the molecule is C=C(C)c1cc(C(C)(C)C)c(O)cc1C. The van der Waals surface area contributed by atoms with Crippen LogP contribution < -0.4 is 0 Å². The molecule has 1 heteroatoms. The fraction of sp³-hybridized carbons (Fsp3) is 0.429. The normalized spacial score (nSPS) is 11.5. The molecule has 0 heterocycles. The molecular weight excluding hydrogens is 184 g/mol. The molecule has 0 aromatic heterocycles. The summed E-state index contributed by atoms with van der Waals surface area (Å²) in [5.41, 5.74) is 4.19. The second-order valence-corrected chi connectivity index (χ2v) is 5.21. The topological polar surface area (TPSA) is 20.2 Å². The van der Waals surface area contributed by atoms with Gasteiger partial charge in [0.05, 0.1) is 0 Å². The molecule has 1 N–H and O–H groups in total. The van der Waals surface area contributed by atoms with E-state index in [1.54, 1.807) is 0 Å². The fourth-order valence-electron chi connectivity index (χ4n) is 1.75. The maximum absolute atomic E-state index is 9.90. The molecule has 0 saturated heterocycles. The average Bonchev–Trinajstić information content (AvgIpc) is 2.00. The molecule has 0 aliphatic carbocycles. The standard InChI is InChI=1S/C14H20O/c1-9(2)11-8-12(14(4,5)6)13(15)7-10(11)3/h7-8,15H,1H2,2-6H3. The van der Waals surface area contributed by atoms with Crippen LogP contribution in [0.1, 0.15) is 44.4 Å². The summed E-state index contributed by atoms with van der Waals surface area (Å²) in [6.45, 7) is 14.2. The predicted molar refractivity (Wildman–Crippen MR) is 66.3 cm³/mol. The molecule has 1 aromatic rings. The molecule has 0 fully saturated rings. The average molecular weight is 204 g/mol. The molecule has 1 rings (SSSR count). The smallest absolute Gasteiger partial charge is 0.119 e. The van der Waals surface area contributed by atoms with Gasteiger partial charge in [-0.3, -0.25) is 0 Å². The number of phenols is 1. The summed E-state index contributed by atoms with van der Waals surface area (Å²) in [7, 11) is 0. The predicted octanol–water partition coefficient (Wildman–Crippen LogP) is 4.03. The summed E-state index contributed by atoms with van der Waals surface area (Å²) in [5.74, 6) is 0.380. The van der Waals surface area contributed by atoms with Crippen LogP contribution in [-0.2, 0) is 5.41 Å². The van der Waals surface area contributed by atoms with Crippen molar-refractivity contribution in [2.24, 2.45) is 0 Å². The van der Waals surface area contributed by atoms with E-state index < -0.39 is 0 Å². The van der Waals surface area contributed by atoms with Crippen LogP contribution in [0.25, 0.3) is 5.57 Å².